The first-order valence-corrected chi connectivity index (χ1v) is 5.98. The second-order valence-electron chi connectivity index (χ2n) is 4.45. The van der Waals surface area contributed by atoms with Gasteiger partial charge in [-0.3, -0.25) is 0 Å². The van der Waals surface area contributed by atoms with Gasteiger partial charge in [0, 0.05) is 12.6 Å². The highest BCUT2D eigenvalue weighted by atomic mass is 16.5. The SMILES string of the molecule is CCOC(C)C(N)Cc1ccc(C)c(C)c1. The second-order valence-corrected chi connectivity index (χ2v) is 4.45. The molecular weight excluding hydrogens is 198 g/mol. The number of hydrogen-bond donors (Lipinski definition) is 1. The standard InChI is InChI=1S/C14H23NO/c1-5-16-12(4)14(15)9-13-7-6-10(2)11(3)8-13/h6-8,12,14H,5,9,15H2,1-4H3. The fraction of sp³-hybridized carbons (Fsp3) is 0.571. The van der Waals surface area contributed by atoms with Crippen molar-refractivity contribution < 1.29 is 4.74 Å². The zero-order valence-electron chi connectivity index (χ0n) is 10.8. The van der Waals surface area contributed by atoms with Crippen LogP contribution in [0.3, 0.4) is 0 Å². The molecule has 0 saturated carbocycles. The molecular formula is C14H23NO. The van der Waals surface area contributed by atoms with Crippen LogP contribution in [-0.2, 0) is 11.2 Å². The molecule has 0 aliphatic heterocycles. The van der Waals surface area contributed by atoms with Gasteiger partial charge in [-0.2, -0.15) is 0 Å². The quantitative estimate of drug-likeness (QED) is 0.829. The number of ether oxygens (including phenoxy) is 1. The van der Waals surface area contributed by atoms with Crippen molar-refractivity contribution >= 4 is 0 Å². The molecule has 2 atom stereocenters. The highest BCUT2D eigenvalue weighted by Crippen LogP contribution is 2.12. The Bertz CT molecular complexity index is 336. The van der Waals surface area contributed by atoms with Crippen LogP contribution in [0.15, 0.2) is 18.2 Å². The number of nitrogens with two attached hydrogens (primary N) is 1. The van der Waals surface area contributed by atoms with Crippen LogP contribution in [0, 0.1) is 13.8 Å². The first-order valence-electron chi connectivity index (χ1n) is 5.98. The first kappa shape index (κ1) is 13.2. The molecule has 0 saturated heterocycles. The van der Waals surface area contributed by atoms with Crippen molar-refractivity contribution in [3.63, 3.8) is 0 Å². The highest BCUT2D eigenvalue weighted by Gasteiger charge is 2.13. The van der Waals surface area contributed by atoms with Gasteiger partial charge in [-0.25, -0.2) is 0 Å². The third-order valence-corrected chi connectivity index (χ3v) is 3.08. The van der Waals surface area contributed by atoms with Crippen LogP contribution in [-0.4, -0.2) is 18.8 Å². The Hall–Kier alpha value is -0.860. The minimum Gasteiger partial charge on any atom is -0.377 e. The van der Waals surface area contributed by atoms with Crippen molar-refractivity contribution in [3.8, 4) is 0 Å². The lowest BCUT2D eigenvalue weighted by Crippen LogP contribution is -2.36. The maximum Gasteiger partial charge on any atom is 0.0700 e. The number of benzene rings is 1. The van der Waals surface area contributed by atoms with Crippen LogP contribution in [0.25, 0.3) is 0 Å². The average molecular weight is 221 g/mol. The fourth-order valence-electron chi connectivity index (χ4n) is 1.76. The summed E-state index contributed by atoms with van der Waals surface area (Å²) in [6.07, 6.45) is 0.994. The third-order valence-electron chi connectivity index (χ3n) is 3.08. The molecule has 90 valence electrons. The Balaban J connectivity index is 2.62. The van der Waals surface area contributed by atoms with E-state index in [0.29, 0.717) is 0 Å². The monoisotopic (exact) mass is 221 g/mol. The van der Waals surface area contributed by atoms with E-state index in [1.165, 1.54) is 16.7 Å². The summed E-state index contributed by atoms with van der Waals surface area (Å²) in [5.74, 6) is 0. The van der Waals surface area contributed by atoms with Gasteiger partial charge >= 0.3 is 0 Å². The van der Waals surface area contributed by atoms with Crippen molar-refractivity contribution in [2.45, 2.75) is 46.3 Å². The third kappa shape index (κ3) is 3.62. The van der Waals surface area contributed by atoms with Crippen molar-refractivity contribution in [1.82, 2.24) is 0 Å². The van der Waals surface area contributed by atoms with E-state index in [1.54, 1.807) is 0 Å². The molecule has 1 aromatic carbocycles. The van der Waals surface area contributed by atoms with E-state index in [-0.39, 0.29) is 12.1 Å². The van der Waals surface area contributed by atoms with Crippen LogP contribution in [0.5, 0.6) is 0 Å². The summed E-state index contributed by atoms with van der Waals surface area (Å²) < 4.78 is 5.50. The molecule has 1 aromatic rings. The minimum absolute atomic E-state index is 0.0713. The molecule has 0 radical (unpaired) electrons. The zero-order chi connectivity index (χ0) is 12.1. The summed E-state index contributed by atoms with van der Waals surface area (Å²) in [5, 5.41) is 0. The zero-order valence-corrected chi connectivity index (χ0v) is 10.8. The normalized spacial score (nSPS) is 14.8. The topological polar surface area (TPSA) is 35.2 Å². The van der Waals surface area contributed by atoms with Gasteiger partial charge < -0.3 is 10.5 Å². The van der Waals surface area contributed by atoms with E-state index >= 15 is 0 Å². The van der Waals surface area contributed by atoms with Gasteiger partial charge in [-0.15, -0.1) is 0 Å². The van der Waals surface area contributed by atoms with Gasteiger partial charge in [0.25, 0.3) is 0 Å². The summed E-state index contributed by atoms with van der Waals surface area (Å²) in [6.45, 7) is 9.02. The van der Waals surface area contributed by atoms with Crippen LogP contribution >= 0.6 is 0 Å². The summed E-state index contributed by atoms with van der Waals surface area (Å²) in [4.78, 5) is 0. The Morgan fingerprint density at radius 3 is 2.50 bits per heavy atom. The van der Waals surface area contributed by atoms with Crippen molar-refractivity contribution in [1.29, 1.82) is 0 Å². The van der Waals surface area contributed by atoms with Crippen LogP contribution in [0.4, 0.5) is 0 Å². The van der Waals surface area contributed by atoms with E-state index in [2.05, 4.69) is 32.0 Å². The summed E-state index contributed by atoms with van der Waals surface area (Å²) in [7, 11) is 0. The lowest BCUT2D eigenvalue weighted by molar-refractivity contribution is 0.0577. The molecule has 0 heterocycles. The summed E-state index contributed by atoms with van der Waals surface area (Å²) in [6, 6.07) is 6.60. The Morgan fingerprint density at radius 1 is 1.25 bits per heavy atom. The van der Waals surface area contributed by atoms with Gasteiger partial charge in [-0.05, 0) is 50.8 Å². The molecule has 2 nitrogen and oxygen atoms in total. The van der Waals surface area contributed by atoms with E-state index < -0.39 is 0 Å². The average Bonchev–Trinajstić information content (AvgIpc) is 2.24. The molecule has 0 aliphatic rings. The fourth-order valence-corrected chi connectivity index (χ4v) is 1.76. The van der Waals surface area contributed by atoms with Gasteiger partial charge in [0.2, 0.25) is 0 Å². The predicted octanol–water partition coefficient (Wildman–Crippen LogP) is 2.60. The van der Waals surface area contributed by atoms with Crippen LogP contribution in [0.1, 0.15) is 30.5 Å². The van der Waals surface area contributed by atoms with Crippen molar-refractivity contribution in [3.05, 3.63) is 34.9 Å². The first-order chi connectivity index (χ1) is 7.54. The largest absolute Gasteiger partial charge is 0.377 e. The number of rotatable bonds is 5. The van der Waals surface area contributed by atoms with Crippen molar-refractivity contribution in [2.75, 3.05) is 6.61 Å². The summed E-state index contributed by atoms with van der Waals surface area (Å²) >= 11 is 0. The molecule has 0 fully saturated rings. The highest BCUT2D eigenvalue weighted by molar-refractivity contribution is 5.30. The Labute approximate surface area is 98.8 Å². The Morgan fingerprint density at radius 2 is 1.94 bits per heavy atom. The number of aryl methyl sites for hydroxylation is 2. The molecule has 16 heavy (non-hydrogen) atoms. The molecule has 0 spiro atoms. The van der Waals surface area contributed by atoms with Gasteiger partial charge in [0.05, 0.1) is 6.10 Å². The summed E-state index contributed by atoms with van der Waals surface area (Å²) in [5.41, 5.74) is 10.0. The van der Waals surface area contributed by atoms with E-state index in [9.17, 15) is 0 Å². The van der Waals surface area contributed by atoms with E-state index in [0.717, 1.165) is 13.0 Å². The molecule has 2 N–H and O–H groups in total. The lowest BCUT2D eigenvalue weighted by atomic mass is 9.99. The molecule has 0 aromatic heterocycles. The smallest absolute Gasteiger partial charge is 0.0700 e. The predicted molar refractivity (Wildman–Crippen MR) is 68.7 cm³/mol. The van der Waals surface area contributed by atoms with E-state index in [1.807, 2.05) is 13.8 Å². The van der Waals surface area contributed by atoms with E-state index in [4.69, 9.17) is 10.5 Å². The maximum absolute atomic E-state index is 6.10. The van der Waals surface area contributed by atoms with Crippen LogP contribution in [0.2, 0.25) is 0 Å². The maximum atomic E-state index is 6.10. The molecule has 0 aliphatic carbocycles. The molecule has 2 unspecified atom stereocenters. The van der Waals surface area contributed by atoms with Crippen molar-refractivity contribution in [2.24, 2.45) is 5.73 Å². The molecule has 2 heteroatoms. The second kappa shape index (κ2) is 6.02. The Kier molecular flexibility index (Phi) is 4.97. The molecule has 1 rings (SSSR count). The molecule has 0 amide bonds. The van der Waals surface area contributed by atoms with Gasteiger partial charge in [0.15, 0.2) is 0 Å². The molecule has 0 bridgehead atoms. The lowest BCUT2D eigenvalue weighted by Gasteiger charge is -2.20. The minimum atomic E-state index is 0.0713. The van der Waals surface area contributed by atoms with Gasteiger partial charge in [-0.1, -0.05) is 18.2 Å². The number of hydrogen-bond acceptors (Lipinski definition) is 2. The van der Waals surface area contributed by atoms with Gasteiger partial charge in [0.1, 0.15) is 0 Å². The van der Waals surface area contributed by atoms with Crippen LogP contribution < -0.4 is 5.73 Å².